The van der Waals surface area contributed by atoms with Crippen molar-refractivity contribution in [1.29, 1.82) is 0 Å². The third-order valence-electron chi connectivity index (χ3n) is 3.33. The molecular formula is C17H21NO3. The van der Waals surface area contributed by atoms with Crippen molar-refractivity contribution in [3.63, 3.8) is 0 Å². The molecule has 0 aromatic heterocycles. The molecular weight excluding hydrogens is 266 g/mol. The Morgan fingerprint density at radius 3 is 2.71 bits per heavy atom. The van der Waals surface area contributed by atoms with Crippen LogP contribution >= 0.6 is 0 Å². The molecule has 2 aromatic carbocycles. The molecule has 0 heterocycles. The van der Waals surface area contributed by atoms with Crippen LogP contribution in [0, 0.1) is 0 Å². The van der Waals surface area contributed by atoms with Gasteiger partial charge < -0.3 is 14.8 Å². The van der Waals surface area contributed by atoms with E-state index >= 15 is 0 Å². The van der Waals surface area contributed by atoms with Gasteiger partial charge in [0.15, 0.2) is 0 Å². The number of nitrogens with one attached hydrogen (secondary N) is 1. The molecule has 1 amide bonds. The Morgan fingerprint density at radius 1 is 1.14 bits per heavy atom. The molecule has 0 radical (unpaired) electrons. The maximum atomic E-state index is 11.8. The lowest BCUT2D eigenvalue weighted by Crippen LogP contribution is -2.30. The average Bonchev–Trinajstić information content (AvgIpc) is 2.51. The molecule has 2 rings (SSSR count). The Balaban J connectivity index is 1.99. The number of hydrogen-bond donors (Lipinski definition) is 1. The normalized spacial score (nSPS) is 12.3. The van der Waals surface area contributed by atoms with Crippen LogP contribution in [-0.4, -0.2) is 32.8 Å². The molecule has 1 N–H and O–H groups in total. The first kappa shape index (κ1) is 15.5. The van der Waals surface area contributed by atoms with Crippen LogP contribution in [0.15, 0.2) is 42.5 Å². The van der Waals surface area contributed by atoms with E-state index in [1.54, 1.807) is 7.11 Å². The maximum Gasteiger partial charge on any atom is 0.246 e. The first-order valence-electron chi connectivity index (χ1n) is 7.06. The van der Waals surface area contributed by atoms with E-state index in [1.807, 2.05) is 31.2 Å². The lowest BCUT2D eigenvalue weighted by atomic mass is 10.00. The first-order valence-corrected chi connectivity index (χ1v) is 7.06. The van der Waals surface area contributed by atoms with Crippen molar-refractivity contribution < 1.29 is 14.3 Å². The van der Waals surface area contributed by atoms with Crippen LogP contribution in [0.3, 0.4) is 0 Å². The molecule has 0 aliphatic heterocycles. The number of benzene rings is 2. The van der Waals surface area contributed by atoms with Crippen molar-refractivity contribution in [2.24, 2.45) is 0 Å². The molecule has 21 heavy (non-hydrogen) atoms. The summed E-state index contributed by atoms with van der Waals surface area (Å²) in [5.41, 5.74) is 1.11. The van der Waals surface area contributed by atoms with Gasteiger partial charge in [-0.3, -0.25) is 4.79 Å². The lowest BCUT2D eigenvalue weighted by Gasteiger charge is -2.16. The zero-order valence-electron chi connectivity index (χ0n) is 12.5. The second kappa shape index (κ2) is 7.76. The second-order valence-corrected chi connectivity index (χ2v) is 4.90. The average molecular weight is 287 g/mol. The van der Waals surface area contributed by atoms with Gasteiger partial charge >= 0.3 is 0 Å². The largest absolute Gasteiger partial charge is 0.382 e. The van der Waals surface area contributed by atoms with Crippen LogP contribution in [0.4, 0.5) is 0 Å². The summed E-state index contributed by atoms with van der Waals surface area (Å²) in [5, 5.41) is 5.29. The van der Waals surface area contributed by atoms with E-state index in [0.717, 1.165) is 10.9 Å². The number of hydrogen-bond acceptors (Lipinski definition) is 3. The fourth-order valence-electron chi connectivity index (χ4n) is 2.30. The van der Waals surface area contributed by atoms with E-state index in [-0.39, 0.29) is 18.6 Å². The minimum absolute atomic E-state index is 0.0540. The summed E-state index contributed by atoms with van der Waals surface area (Å²) >= 11 is 0. The van der Waals surface area contributed by atoms with E-state index < -0.39 is 0 Å². The number of methoxy groups -OCH3 is 1. The highest BCUT2D eigenvalue weighted by atomic mass is 16.5. The van der Waals surface area contributed by atoms with Gasteiger partial charge in [-0.25, -0.2) is 0 Å². The number of fused-ring (bicyclic) bond motifs is 1. The molecule has 0 fully saturated rings. The number of carbonyl (C=O) groups is 1. The van der Waals surface area contributed by atoms with Gasteiger partial charge in [-0.15, -0.1) is 0 Å². The van der Waals surface area contributed by atoms with E-state index in [1.165, 1.54) is 5.39 Å². The van der Waals surface area contributed by atoms with Gasteiger partial charge in [0.05, 0.1) is 19.3 Å². The summed E-state index contributed by atoms with van der Waals surface area (Å²) in [7, 11) is 1.60. The predicted octanol–water partition coefficient (Wildman–Crippen LogP) is 2.68. The zero-order chi connectivity index (χ0) is 15.1. The number of rotatable bonds is 7. The zero-order valence-corrected chi connectivity index (χ0v) is 12.5. The number of carbonyl (C=O) groups excluding carboxylic acids is 1. The molecule has 0 saturated heterocycles. The topological polar surface area (TPSA) is 47.6 Å². The minimum Gasteiger partial charge on any atom is -0.382 e. The Morgan fingerprint density at radius 2 is 1.90 bits per heavy atom. The molecule has 1 unspecified atom stereocenters. The molecule has 0 bridgehead atoms. The number of ether oxygens (including phenoxy) is 2. The molecule has 0 aliphatic carbocycles. The summed E-state index contributed by atoms with van der Waals surface area (Å²) in [4.78, 5) is 11.8. The van der Waals surface area contributed by atoms with Gasteiger partial charge in [-0.2, -0.15) is 0 Å². The highest BCUT2D eigenvalue weighted by Crippen LogP contribution is 2.23. The van der Waals surface area contributed by atoms with Gasteiger partial charge in [0.2, 0.25) is 5.91 Å². The molecule has 0 spiro atoms. The summed E-state index contributed by atoms with van der Waals surface area (Å²) in [6.45, 7) is 2.95. The van der Waals surface area contributed by atoms with Crippen molar-refractivity contribution in [2.45, 2.75) is 13.0 Å². The molecule has 1 atom stereocenters. The van der Waals surface area contributed by atoms with E-state index in [9.17, 15) is 4.79 Å². The summed E-state index contributed by atoms with van der Waals surface area (Å²) in [6, 6.07) is 14.2. The van der Waals surface area contributed by atoms with Gasteiger partial charge in [0, 0.05) is 7.11 Å². The fourth-order valence-corrected chi connectivity index (χ4v) is 2.30. The molecule has 4 nitrogen and oxygen atoms in total. The van der Waals surface area contributed by atoms with Gasteiger partial charge in [0.1, 0.15) is 6.61 Å². The Kier molecular flexibility index (Phi) is 5.72. The van der Waals surface area contributed by atoms with Crippen molar-refractivity contribution in [3.8, 4) is 0 Å². The van der Waals surface area contributed by atoms with Crippen LogP contribution < -0.4 is 5.32 Å². The second-order valence-electron chi connectivity index (χ2n) is 4.90. The molecule has 4 heteroatoms. The van der Waals surface area contributed by atoms with E-state index in [2.05, 4.69) is 23.5 Å². The molecule has 112 valence electrons. The SMILES string of the molecule is COCCOCC(=O)NC(C)c1cccc2ccccc12. The summed E-state index contributed by atoms with van der Waals surface area (Å²) in [5.74, 6) is -0.119. The van der Waals surface area contributed by atoms with E-state index in [0.29, 0.717) is 13.2 Å². The van der Waals surface area contributed by atoms with Crippen LogP contribution in [-0.2, 0) is 14.3 Å². The van der Waals surface area contributed by atoms with Gasteiger partial charge in [-0.05, 0) is 23.3 Å². The molecule has 0 saturated carbocycles. The standard InChI is InChI=1S/C17H21NO3/c1-13(18-17(19)12-21-11-10-20-2)15-9-5-7-14-6-3-4-8-16(14)15/h3-9,13H,10-12H2,1-2H3,(H,18,19). The smallest absolute Gasteiger partial charge is 0.246 e. The third kappa shape index (κ3) is 4.28. The minimum atomic E-state index is -0.119. The molecule has 2 aromatic rings. The van der Waals surface area contributed by atoms with Crippen LogP contribution in [0.2, 0.25) is 0 Å². The third-order valence-corrected chi connectivity index (χ3v) is 3.33. The Hall–Kier alpha value is -1.91. The lowest BCUT2D eigenvalue weighted by molar-refractivity contribution is -0.126. The van der Waals surface area contributed by atoms with Gasteiger partial charge in [0.25, 0.3) is 0 Å². The maximum absolute atomic E-state index is 11.8. The van der Waals surface area contributed by atoms with Gasteiger partial charge in [-0.1, -0.05) is 42.5 Å². The Bertz CT molecular complexity index is 592. The highest BCUT2D eigenvalue weighted by Gasteiger charge is 2.12. The van der Waals surface area contributed by atoms with E-state index in [4.69, 9.17) is 9.47 Å². The van der Waals surface area contributed by atoms with Crippen molar-refractivity contribution in [2.75, 3.05) is 26.9 Å². The molecule has 0 aliphatic rings. The van der Waals surface area contributed by atoms with Crippen LogP contribution in [0.1, 0.15) is 18.5 Å². The van der Waals surface area contributed by atoms with Crippen molar-refractivity contribution >= 4 is 16.7 Å². The summed E-state index contributed by atoms with van der Waals surface area (Å²) in [6.07, 6.45) is 0. The first-order chi connectivity index (χ1) is 10.2. The van der Waals surface area contributed by atoms with Crippen LogP contribution in [0.5, 0.6) is 0 Å². The quantitative estimate of drug-likeness (QED) is 0.796. The van der Waals surface area contributed by atoms with Crippen molar-refractivity contribution in [3.05, 3.63) is 48.0 Å². The fraction of sp³-hybridized carbons (Fsp3) is 0.353. The highest BCUT2D eigenvalue weighted by molar-refractivity contribution is 5.87. The van der Waals surface area contributed by atoms with Crippen molar-refractivity contribution in [1.82, 2.24) is 5.32 Å². The summed E-state index contributed by atoms with van der Waals surface area (Å²) < 4.78 is 10.1. The monoisotopic (exact) mass is 287 g/mol. The number of amides is 1. The predicted molar refractivity (Wildman–Crippen MR) is 83.2 cm³/mol. The Labute approximate surface area is 125 Å². The van der Waals surface area contributed by atoms with Crippen LogP contribution in [0.25, 0.3) is 10.8 Å².